The summed E-state index contributed by atoms with van der Waals surface area (Å²) in [5.74, 6) is 0.143. The number of likely N-dealkylation sites (tertiary alicyclic amines) is 1. The molecular weight excluding hydrogens is 406 g/mol. The fourth-order valence-electron chi connectivity index (χ4n) is 4.10. The maximum Gasteiger partial charge on any atom is 0.336 e. The minimum absolute atomic E-state index is 0.143. The Labute approximate surface area is 176 Å². The third-order valence-electron chi connectivity index (χ3n) is 5.88. The first-order chi connectivity index (χ1) is 14.4. The van der Waals surface area contributed by atoms with Gasteiger partial charge in [-0.15, -0.1) is 0 Å². The van der Waals surface area contributed by atoms with Crippen molar-refractivity contribution in [2.24, 2.45) is 0 Å². The van der Waals surface area contributed by atoms with Crippen LogP contribution >= 0.6 is 0 Å². The Balaban J connectivity index is 1.38. The van der Waals surface area contributed by atoms with Gasteiger partial charge >= 0.3 is 5.63 Å². The molecule has 162 valence electrons. The normalized spacial score (nSPS) is 19.7. The standard InChI is InChI=1S/C21H27N3O5S/c25-20(23-9-3-1-2-4-10-23)16-22-11-13-24(14-12-22)30(27,28)18-6-7-19-17(15-18)5-8-21(26)29-19/h5-8,15H,1-4,9-14,16H2. The van der Waals surface area contributed by atoms with Crippen molar-refractivity contribution >= 4 is 26.9 Å². The molecule has 2 fully saturated rings. The molecule has 0 saturated carbocycles. The van der Waals surface area contributed by atoms with Gasteiger partial charge in [-0.3, -0.25) is 9.69 Å². The number of amides is 1. The molecule has 0 N–H and O–H groups in total. The zero-order chi connectivity index (χ0) is 21.1. The first kappa shape index (κ1) is 21.0. The van der Waals surface area contributed by atoms with Crippen molar-refractivity contribution in [3.05, 3.63) is 40.8 Å². The Morgan fingerprint density at radius 2 is 1.60 bits per heavy atom. The number of rotatable bonds is 4. The number of sulfonamides is 1. The number of piperazine rings is 1. The van der Waals surface area contributed by atoms with E-state index < -0.39 is 15.6 Å². The summed E-state index contributed by atoms with van der Waals surface area (Å²) in [7, 11) is -3.65. The van der Waals surface area contributed by atoms with E-state index in [4.69, 9.17) is 4.42 Å². The monoisotopic (exact) mass is 433 g/mol. The van der Waals surface area contributed by atoms with Crippen LogP contribution in [0.2, 0.25) is 0 Å². The summed E-state index contributed by atoms with van der Waals surface area (Å²) in [4.78, 5) is 28.1. The zero-order valence-electron chi connectivity index (χ0n) is 17.0. The molecule has 0 aliphatic carbocycles. The lowest BCUT2D eigenvalue weighted by molar-refractivity contribution is -0.132. The van der Waals surface area contributed by atoms with Crippen LogP contribution in [0.5, 0.6) is 0 Å². The molecule has 9 heteroatoms. The number of hydrogen-bond donors (Lipinski definition) is 0. The molecule has 0 atom stereocenters. The highest BCUT2D eigenvalue weighted by atomic mass is 32.2. The quantitative estimate of drug-likeness (QED) is 0.679. The Hall–Kier alpha value is -2.23. The lowest BCUT2D eigenvalue weighted by atomic mass is 10.2. The fraction of sp³-hybridized carbons (Fsp3) is 0.524. The summed E-state index contributed by atoms with van der Waals surface area (Å²) >= 11 is 0. The summed E-state index contributed by atoms with van der Waals surface area (Å²) < 4.78 is 32.6. The van der Waals surface area contributed by atoms with Crippen molar-refractivity contribution in [2.75, 3.05) is 45.8 Å². The molecule has 1 aromatic heterocycles. The van der Waals surface area contributed by atoms with Gasteiger partial charge in [0.1, 0.15) is 5.58 Å². The smallest absolute Gasteiger partial charge is 0.336 e. The van der Waals surface area contributed by atoms with Gasteiger partial charge in [-0.25, -0.2) is 13.2 Å². The number of nitrogens with zero attached hydrogens (tertiary/aromatic N) is 3. The SMILES string of the molecule is O=C(CN1CCN(S(=O)(=O)c2ccc3oc(=O)ccc3c2)CC1)N1CCCCCC1. The highest BCUT2D eigenvalue weighted by Crippen LogP contribution is 2.22. The summed E-state index contributed by atoms with van der Waals surface area (Å²) in [6.07, 6.45) is 4.49. The summed E-state index contributed by atoms with van der Waals surface area (Å²) in [5.41, 5.74) is -0.109. The second kappa shape index (κ2) is 8.87. The summed E-state index contributed by atoms with van der Waals surface area (Å²) in [6.45, 7) is 3.75. The topological polar surface area (TPSA) is 91.1 Å². The predicted octanol–water partition coefficient (Wildman–Crippen LogP) is 1.50. The molecule has 2 saturated heterocycles. The Kier molecular flexibility index (Phi) is 6.21. The van der Waals surface area contributed by atoms with Crippen molar-refractivity contribution in [2.45, 2.75) is 30.6 Å². The number of hydrogen-bond acceptors (Lipinski definition) is 6. The molecule has 2 aromatic rings. The molecule has 4 rings (SSSR count). The van der Waals surface area contributed by atoms with Gasteiger partial charge in [-0.05, 0) is 37.1 Å². The minimum Gasteiger partial charge on any atom is -0.423 e. The average molecular weight is 434 g/mol. The molecule has 30 heavy (non-hydrogen) atoms. The fourth-order valence-corrected chi connectivity index (χ4v) is 5.56. The highest BCUT2D eigenvalue weighted by Gasteiger charge is 2.30. The van der Waals surface area contributed by atoms with Crippen molar-refractivity contribution in [3.63, 3.8) is 0 Å². The molecule has 3 heterocycles. The molecule has 1 amide bonds. The first-order valence-corrected chi connectivity index (χ1v) is 11.9. The van der Waals surface area contributed by atoms with Crippen LogP contribution in [-0.2, 0) is 14.8 Å². The second-order valence-corrected chi connectivity index (χ2v) is 9.87. The lowest BCUT2D eigenvalue weighted by Crippen LogP contribution is -2.51. The van der Waals surface area contributed by atoms with Gasteiger partial charge in [-0.1, -0.05) is 12.8 Å². The lowest BCUT2D eigenvalue weighted by Gasteiger charge is -2.34. The van der Waals surface area contributed by atoms with Crippen LogP contribution in [0.15, 0.2) is 44.4 Å². The van der Waals surface area contributed by atoms with Gasteiger partial charge in [0.05, 0.1) is 11.4 Å². The highest BCUT2D eigenvalue weighted by molar-refractivity contribution is 7.89. The van der Waals surface area contributed by atoms with Crippen LogP contribution < -0.4 is 5.63 Å². The third kappa shape index (κ3) is 4.58. The van der Waals surface area contributed by atoms with Gasteiger partial charge in [0.25, 0.3) is 0 Å². The number of carbonyl (C=O) groups is 1. The maximum atomic E-state index is 13.1. The predicted molar refractivity (Wildman–Crippen MR) is 113 cm³/mol. The first-order valence-electron chi connectivity index (χ1n) is 10.5. The van der Waals surface area contributed by atoms with E-state index in [1.54, 1.807) is 6.07 Å². The average Bonchev–Trinajstić information content (AvgIpc) is 3.03. The molecule has 8 nitrogen and oxygen atoms in total. The van der Waals surface area contributed by atoms with E-state index in [0.717, 1.165) is 25.9 Å². The minimum atomic E-state index is -3.65. The van der Waals surface area contributed by atoms with Crippen LogP contribution in [0.25, 0.3) is 11.0 Å². The Morgan fingerprint density at radius 3 is 2.30 bits per heavy atom. The van der Waals surface area contributed by atoms with Gasteiger partial charge in [0, 0.05) is 50.7 Å². The van der Waals surface area contributed by atoms with E-state index in [-0.39, 0.29) is 10.8 Å². The molecule has 0 bridgehead atoms. The Morgan fingerprint density at radius 1 is 0.900 bits per heavy atom. The zero-order valence-corrected chi connectivity index (χ0v) is 17.8. The summed E-state index contributed by atoms with van der Waals surface area (Å²) in [6, 6.07) is 7.35. The van der Waals surface area contributed by atoms with Crippen molar-refractivity contribution < 1.29 is 17.6 Å². The van der Waals surface area contributed by atoms with Gasteiger partial charge in [-0.2, -0.15) is 4.31 Å². The molecule has 1 aromatic carbocycles. The van der Waals surface area contributed by atoms with Crippen LogP contribution in [-0.4, -0.2) is 74.2 Å². The summed E-state index contributed by atoms with van der Waals surface area (Å²) in [5, 5.41) is 0.567. The molecule has 2 aliphatic rings. The molecular formula is C21H27N3O5S. The van der Waals surface area contributed by atoms with Gasteiger partial charge < -0.3 is 9.32 Å². The molecule has 0 spiro atoms. The van der Waals surface area contributed by atoms with E-state index in [2.05, 4.69) is 0 Å². The van der Waals surface area contributed by atoms with Crippen LogP contribution in [0, 0.1) is 0 Å². The van der Waals surface area contributed by atoms with E-state index >= 15 is 0 Å². The number of carbonyl (C=O) groups excluding carboxylic acids is 1. The largest absolute Gasteiger partial charge is 0.423 e. The number of fused-ring (bicyclic) bond motifs is 1. The van der Waals surface area contributed by atoms with Gasteiger partial charge in [0.15, 0.2) is 0 Å². The molecule has 0 radical (unpaired) electrons. The van der Waals surface area contributed by atoms with E-state index in [1.165, 1.54) is 41.4 Å². The van der Waals surface area contributed by atoms with Crippen molar-refractivity contribution in [1.29, 1.82) is 0 Å². The molecule has 0 unspecified atom stereocenters. The third-order valence-corrected chi connectivity index (χ3v) is 7.77. The van der Waals surface area contributed by atoms with Crippen LogP contribution in [0.1, 0.15) is 25.7 Å². The van der Waals surface area contributed by atoms with E-state index in [0.29, 0.717) is 43.7 Å². The maximum absolute atomic E-state index is 13.1. The van der Waals surface area contributed by atoms with E-state index in [1.807, 2.05) is 9.80 Å². The molecule has 2 aliphatic heterocycles. The van der Waals surface area contributed by atoms with Crippen LogP contribution in [0.3, 0.4) is 0 Å². The van der Waals surface area contributed by atoms with Crippen molar-refractivity contribution in [1.82, 2.24) is 14.1 Å². The van der Waals surface area contributed by atoms with Crippen LogP contribution in [0.4, 0.5) is 0 Å². The van der Waals surface area contributed by atoms with Crippen molar-refractivity contribution in [3.8, 4) is 0 Å². The van der Waals surface area contributed by atoms with Gasteiger partial charge in [0.2, 0.25) is 15.9 Å². The number of benzene rings is 1. The second-order valence-electron chi connectivity index (χ2n) is 7.93. The Bertz CT molecular complexity index is 1070. The van der Waals surface area contributed by atoms with E-state index in [9.17, 15) is 18.0 Å².